The summed E-state index contributed by atoms with van der Waals surface area (Å²) in [5.41, 5.74) is 0.570. The van der Waals surface area contributed by atoms with Crippen LogP contribution in [-0.4, -0.2) is 34.7 Å². The third-order valence-corrected chi connectivity index (χ3v) is 4.33. The van der Waals surface area contributed by atoms with Gasteiger partial charge in [-0.05, 0) is 31.0 Å². The van der Waals surface area contributed by atoms with E-state index in [1.807, 2.05) is 26.0 Å². The molecular weight excluding hydrogens is 377 g/mol. The van der Waals surface area contributed by atoms with Gasteiger partial charge in [0.2, 0.25) is 0 Å². The molecule has 1 aromatic carbocycles. The van der Waals surface area contributed by atoms with Crippen molar-refractivity contribution < 1.29 is 13.9 Å². The Balaban J connectivity index is 2.04. The van der Waals surface area contributed by atoms with Gasteiger partial charge in [0, 0.05) is 23.6 Å². The van der Waals surface area contributed by atoms with Gasteiger partial charge in [-0.15, -0.1) is 0 Å². The highest BCUT2D eigenvalue weighted by atomic mass is 35.5. The smallest absolute Gasteiger partial charge is 0.174 e. The van der Waals surface area contributed by atoms with Gasteiger partial charge in [0.05, 0.1) is 5.02 Å². The molecule has 0 aliphatic heterocycles. The molecule has 0 aliphatic rings. The average molecular weight is 398 g/mol. The molecule has 1 atom stereocenters. The first-order valence-electron chi connectivity index (χ1n) is 8.61. The first-order valence-corrected chi connectivity index (χ1v) is 9.36. The molecule has 0 spiro atoms. The van der Waals surface area contributed by atoms with E-state index in [0.29, 0.717) is 40.4 Å². The van der Waals surface area contributed by atoms with E-state index < -0.39 is 12.2 Å². The van der Waals surface area contributed by atoms with Crippen LogP contribution in [-0.2, 0) is 9.47 Å². The maximum absolute atomic E-state index is 6.28. The number of benzene rings is 1. The highest BCUT2D eigenvalue weighted by molar-refractivity contribution is 6.38. The van der Waals surface area contributed by atoms with Crippen molar-refractivity contribution in [2.75, 3.05) is 13.2 Å². The van der Waals surface area contributed by atoms with Crippen LogP contribution >= 0.6 is 23.2 Å². The molecule has 2 heterocycles. The average Bonchev–Trinajstić information content (AvgIpc) is 3.27. The summed E-state index contributed by atoms with van der Waals surface area (Å²) < 4.78 is 18.0. The fourth-order valence-corrected chi connectivity index (χ4v) is 3.27. The molecule has 1 unspecified atom stereocenters. The van der Waals surface area contributed by atoms with Gasteiger partial charge in [-0.3, -0.25) is 5.10 Å². The second kappa shape index (κ2) is 8.86. The lowest BCUT2D eigenvalue weighted by Crippen LogP contribution is -2.28. The summed E-state index contributed by atoms with van der Waals surface area (Å²) in [7, 11) is 0. The number of furan rings is 1. The number of halogens is 2. The van der Waals surface area contributed by atoms with Gasteiger partial charge < -0.3 is 13.9 Å². The molecule has 3 aromatic rings. The number of aromatic nitrogens is 3. The molecule has 0 fully saturated rings. The van der Waals surface area contributed by atoms with Crippen molar-refractivity contribution in [2.45, 2.75) is 38.9 Å². The fraction of sp³-hybridized carbons (Fsp3) is 0.444. The van der Waals surface area contributed by atoms with Crippen molar-refractivity contribution in [2.24, 2.45) is 0 Å². The topological polar surface area (TPSA) is 73.2 Å². The van der Waals surface area contributed by atoms with Crippen LogP contribution in [0.5, 0.6) is 0 Å². The summed E-state index contributed by atoms with van der Waals surface area (Å²) in [6.07, 6.45) is 2.64. The Bertz CT molecular complexity index is 828. The molecule has 0 amide bonds. The molecule has 26 heavy (non-hydrogen) atoms. The molecule has 8 heteroatoms. The van der Waals surface area contributed by atoms with E-state index in [2.05, 4.69) is 15.2 Å². The van der Waals surface area contributed by atoms with Crippen molar-refractivity contribution in [3.8, 4) is 0 Å². The third-order valence-electron chi connectivity index (χ3n) is 3.83. The molecule has 0 aliphatic carbocycles. The van der Waals surface area contributed by atoms with Gasteiger partial charge in [0.15, 0.2) is 11.9 Å². The van der Waals surface area contributed by atoms with E-state index >= 15 is 0 Å². The Labute approximate surface area is 161 Å². The highest BCUT2D eigenvalue weighted by Crippen LogP contribution is 2.36. The Morgan fingerprint density at radius 2 is 1.85 bits per heavy atom. The summed E-state index contributed by atoms with van der Waals surface area (Å²) in [5.74, 6) is 0.819. The largest absolute Gasteiger partial charge is 0.459 e. The molecule has 0 radical (unpaired) electrons. The van der Waals surface area contributed by atoms with Gasteiger partial charge in [0.25, 0.3) is 0 Å². The number of ether oxygens (including phenoxy) is 2. The van der Waals surface area contributed by atoms with Crippen molar-refractivity contribution in [3.05, 3.63) is 46.2 Å². The monoisotopic (exact) mass is 397 g/mol. The van der Waals surface area contributed by atoms with Gasteiger partial charge in [-0.1, -0.05) is 37.0 Å². The van der Waals surface area contributed by atoms with Crippen molar-refractivity contribution in [1.29, 1.82) is 0 Å². The summed E-state index contributed by atoms with van der Waals surface area (Å²) >= 11 is 12.4. The second-order valence-electron chi connectivity index (χ2n) is 5.91. The zero-order valence-corrected chi connectivity index (χ0v) is 16.2. The molecule has 0 bridgehead atoms. The van der Waals surface area contributed by atoms with Crippen molar-refractivity contribution >= 4 is 34.2 Å². The van der Waals surface area contributed by atoms with E-state index in [1.54, 1.807) is 6.07 Å². The van der Waals surface area contributed by atoms with E-state index in [9.17, 15) is 0 Å². The molecule has 0 saturated carbocycles. The molecule has 0 saturated heterocycles. The summed E-state index contributed by atoms with van der Waals surface area (Å²) in [6, 6.07) is 5.35. The number of H-pyrrole nitrogens is 1. The Kier molecular flexibility index (Phi) is 6.53. The first-order chi connectivity index (χ1) is 12.6. The predicted octanol–water partition coefficient (Wildman–Crippen LogP) is 5.17. The molecule has 2 aromatic heterocycles. The zero-order chi connectivity index (χ0) is 18.5. The first kappa shape index (κ1) is 19.2. The highest BCUT2D eigenvalue weighted by Gasteiger charge is 2.32. The van der Waals surface area contributed by atoms with Crippen LogP contribution < -0.4 is 0 Å². The minimum atomic E-state index is -0.558. The second-order valence-corrected chi connectivity index (χ2v) is 6.76. The predicted molar refractivity (Wildman–Crippen MR) is 101 cm³/mol. The number of rotatable bonds is 9. The Hall–Kier alpha value is -1.60. The van der Waals surface area contributed by atoms with E-state index in [-0.39, 0.29) is 0 Å². The number of hydrogen-bond donors (Lipinski definition) is 1. The van der Waals surface area contributed by atoms with E-state index in [4.69, 9.17) is 37.1 Å². The van der Waals surface area contributed by atoms with Gasteiger partial charge in [-0.25, -0.2) is 4.98 Å². The summed E-state index contributed by atoms with van der Waals surface area (Å²) in [4.78, 5) is 4.29. The summed E-state index contributed by atoms with van der Waals surface area (Å²) in [6.45, 7) is 5.21. The molecular formula is C18H21Cl2N3O3. The van der Waals surface area contributed by atoms with Gasteiger partial charge >= 0.3 is 0 Å². The van der Waals surface area contributed by atoms with Crippen LogP contribution in [0.25, 0.3) is 11.0 Å². The number of aromatic amines is 1. The Morgan fingerprint density at radius 3 is 2.46 bits per heavy atom. The molecule has 1 N–H and O–H groups in total. The molecule has 140 valence electrons. The number of nitrogens with one attached hydrogen (secondary N) is 1. The third kappa shape index (κ3) is 4.20. The standard InChI is InChI=1S/C18H21Cl2N3O3/c1-3-5-24-18(25-6-4-2)15(17-21-10-22-23-17)14-8-11-7-12(19)9-13(20)16(11)26-14/h7-10,15,18H,3-6H2,1-2H3,(H,21,22,23). The zero-order valence-electron chi connectivity index (χ0n) is 14.7. The van der Waals surface area contributed by atoms with E-state index in [1.165, 1.54) is 6.33 Å². The lowest BCUT2D eigenvalue weighted by Gasteiger charge is -2.24. The fourth-order valence-electron chi connectivity index (χ4n) is 2.72. The molecule has 6 nitrogen and oxygen atoms in total. The van der Waals surface area contributed by atoms with Crippen LogP contribution in [0.4, 0.5) is 0 Å². The number of nitrogens with zero attached hydrogens (tertiary/aromatic N) is 2. The maximum atomic E-state index is 6.28. The van der Waals surface area contributed by atoms with Crippen LogP contribution in [0.1, 0.15) is 44.2 Å². The van der Waals surface area contributed by atoms with Gasteiger partial charge in [0.1, 0.15) is 23.8 Å². The number of hydrogen-bond acceptors (Lipinski definition) is 5. The van der Waals surface area contributed by atoms with Crippen LogP contribution in [0, 0.1) is 0 Å². The van der Waals surface area contributed by atoms with E-state index in [0.717, 1.165) is 18.2 Å². The van der Waals surface area contributed by atoms with Crippen molar-refractivity contribution in [3.63, 3.8) is 0 Å². The van der Waals surface area contributed by atoms with Crippen LogP contribution in [0.2, 0.25) is 10.0 Å². The normalized spacial score (nSPS) is 13.0. The summed E-state index contributed by atoms with van der Waals surface area (Å²) in [5, 5.41) is 8.67. The maximum Gasteiger partial charge on any atom is 0.174 e. The van der Waals surface area contributed by atoms with Crippen LogP contribution in [0.3, 0.4) is 0 Å². The Morgan fingerprint density at radius 1 is 1.12 bits per heavy atom. The SMILES string of the molecule is CCCOC(OCCC)C(c1ncn[nH]1)c1cc2cc(Cl)cc(Cl)c2o1. The van der Waals surface area contributed by atoms with Crippen LogP contribution in [0.15, 0.2) is 28.9 Å². The van der Waals surface area contributed by atoms with Gasteiger partial charge in [-0.2, -0.15) is 5.10 Å². The van der Waals surface area contributed by atoms with Crippen molar-refractivity contribution in [1.82, 2.24) is 15.2 Å². The molecule has 3 rings (SSSR count). The quantitative estimate of drug-likeness (QED) is 0.504. The minimum absolute atomic E-state index is 0.405. The number of fused-ring (bicyclic) bond motifs is 1. The lowest BCUT2D eigenvalue weighted by molar-refractivity contribution is -0.153. The minimum Gasteiger partial charge on any atom is -0.459 e. The lowest BCUT2D eigenvalue weighted by atomic mass is 10.0.